The first-order chi connectivity index (χ1) is 14.2. The number of benzene rings is 1. The van der Waals surface area contributed by atoms with Crippen LogP contribution in [0.4, 0.5) is 11.8 Å². The maximum atomic E-state index is 6.41. The Bertz CT molecular complexity index is 973. The van der Waals surface area contributed by atoms with Crippen LogP contribution in [-0.4, -0.2) is 21.0 Å². The van der Waals surface area contributed by atoms with Crippen molar-refractivity contribution in [1.82, 2.24) is 15.0 Å². The second kappa shape index (κ2) is 9.42. The lowest BCUT2D eigenvalue weighted by molar-refractivity contribution is 0.461. The van der Waals surface area contributed by atoms with Gasteiger partial charge >= 0.3 is 0 Å². The highest BCUT2D eigenvalue weighted by Crippen LogP contribution is 2.28. The Morgan fingerprint density at radius 1 is 1.00 bits per heavy atom. The molecule has 0 spiro atoms. The van der Waals surface area contributed by atoms with Crippen molar-refractivity contribution in [2.45, 2.75) is 44.7 Å². The summed E-state index contributed by atoms with van der Waals surface area (Å²) in [5.41, 5.74) is 2.68. The molecule has 1 aliphatic rings. The summed E-state index contributed by atoms with van der Waals surface area (Å²) in [5.74, 6) is 1.38. The first-order valence-electron chi connectivity index (χ1n) is 9.91. The van der Waals surface area contributed by atoms with E-state index in [-0.39, 0.29) is 0 Å². The molecule has 5 nitrogen and oxygen atoms in total. The number of pyridine rings is 1. The van der Waals surface area contributed by atoms with Crippen LogP contribution in [0.25, 0.3) is 11.3 Å². The molecular weight excluding hydrogens is 405 g/mol. The van der Waals surface area contributed by atoms with Gasteiger partial charge in [0.05, 0.1) is 16.9 Å². The normalized spacial score (nSPS) is 14.6. The highest BCUT2D eigenvalue weighted by Gasteiger charge is 2.16. The van der Waals surface area contributed by atoms with Gasteiger partial charge in [-0.15, -0.1) is 0 Å². The minimum atomic E-state index is 0.435. The second-order valence-corrected chi connectivity index (χ2v) is 8.13. The summed E-state index contributed by atoms with van der Waals surface area (Å²) >= 11 is 12.5. The Labute approximate surface area is 180 Å². The van der Waals surface area contributed by atoms with Crippen LogP contribution < -0.4 is 10.6 Å². The predicted molar refractivity (Wildman–Crippen MR) is 120 cm³/mol. The van der Waals surface area contributed by atoms with Crippen molar-refractivity contribution in [1.29, 1.82) is 0 Å². The van der Waals surface area contributed by atoms with Gasteiger partial charge in [0.25, 0.3) is 0 Å². The molecule has 4 rings (SSSR count). The molecule has 0 unspecified atom stereocenters. The number of hydrogen-bond donors (Lipinski definition) is 2. The average molecular weight is 428 g/mol. The van der Waals surface area contributed by atoms with Crippen molar-refractivity contribution in [3.05, 3.63) is 64.4 Å². The van der Waals surface area contributed by atoms with Gasteiger partial charge in [0.1, 0.15) is 5.82 Å². The second-order valence-electron chi connectivity index (χ2n) is 7.28. The lowest BCUT2D eigenvalue weighted by atomic mass is 9.96. The fraction of sp³-hybridized carbons (Fsp3) is 0.318. The van der Waals surface area contributed by atoms with E-state index in [2.05, 4.69) is 25.6 Å². The Hall–Kier alpha value is -2.37. The molecule has 29 heavy (non-hydrogen) atoms. The molecule has 0 radical (unpaired) electrons. The molecule has 150 valence electrons. The van der Waals surface area contributed by atoms with Gasteiger partial charge in [-0.3, -0.25) is 0 Å². The largest absolute Gasteiger partial charge is 0.366 e. The molecule has 2 heterocycles. The molecule has 1 saturated carbocycles. The predicted octanol–water partition coefficient (Wildman–Crippen LogP) is 6.20. The molecule has 2 aromatic heterocycles. The highest BCUT2D eigenvalue weighted by atomic mass is 35.5. The Kier molecular flexibility index (Phi) is 6.47. The Balaban J connectivity index is 1.50. The van der Waals surface area contributed by atoms with E-state index in [1.54, 1.807) is 12.4 Å². The first kappa shape index (κ1) is 19.9. The number of anilines is 2. The van der Waals surface area contributed by atoms with Gasteiger partial charge < -0.3 is 10.6 Å². The summed E-state index contributed by atoms with van der Waals surface area (Å²) in [6, 6.07) is 12.0. The van der Waals surface area contributed by atoms with Crippen molar-refractivity contribution < 1.29 is 0 Å². The zero-order valence-electron chi connectivity index (χ0n) is 16.0. The minimum Gasteiger partial charge on any atom is -0.366 e. The zero-order chi connectivity index (χ0) is 20.1. The standard InChI is InChI=1S/C22H23Cl2N5/c23-17-6-4-5-15(11-17)13-26-20-12-16(9-10-25-20)21-19(24)14-27-22(29-21)28-18-7-2-1-3-8-18/h4-6,9-12,14,18H,1-3,7-8,13H2,(H,25,26)(H,27,28,29). The third-order valence-corrected chi connectivity index (χ3v) is 5.59. The van der Waals surface area contributed by atoms with E-state index in [1.807, 2.05) is 36.4 Å². The summed E-state index contributed by atoms with van der Waals surface area (Å²) in [7, 11) is 0. The van der Waals surface area contributed by atoms with E-state index in [0.717, 1.165) is 34.8 Å². The number of nitrogens with zero attached hydrogens (tertiary/aromatic N) is 3. The molecule has 1 aliphatic carbocycles. The van der Waals surface area contributed by atoms with E-state index < -0.39 is 0 Å². The molecule has 0 atom stereocenters. The molecule has 3 aromatic rings. The molecule has 0 aliphatic heterocycles. The van der Waals surface area contributed by atoms with E-state index >= 15 is 0 Å². The van der Waals surface area contributed by atoms with Gasteiger partial charge in [-0.1, -0.05) is 54.6 Å². The van der Waals surface area contributed by atoms with E-state index in [4.69, 9.17) is 23.2 Å². The molecule has 0 bridgehead atoms. The van der Waals surface area contributed by atoms with Crippen LogP contribution in [0.2, 0.25) is 10.0 Å². The van der Waals surface area contributed by atoms with Gasteiger partial charge in [-0.05, 0) is 42.7 Å². The maximum absolute atomic E-state index is 6.41. The van der Waals surface area contributed by atoms with Crippen molar-refractivity contribution in [3.8, 4) is 11.3 Å². The quantitative estimate of drug-likeness (QED) is 0.489. The topological polar surface area (TPSA) is 62.7 Å². The molecule has 1 aromatic carbocycles. The summed E-state index contributed by atoms with van der Waals surface area (Å²) in [6.45, 7) is 0.628. The zero-order valence-corrected chi connectivity index (χ0v) is 17.5. The lowest BCUT2D eigenvalue weighted by Gasteiger charge is -2.22. The third kappa shape index (κ3) is 5.37. The van der Waals surface area contributed by atoms with Crippen molar-refractivity contribution >= 4 is 35.0 Å². The number of halogens is 2. The number of aromatic nitrogens is 3. The van der Waals surface area contributed by atoms with Gasteiger partial charge in [-0.2, -0.15) is 0 Å². The first-order valence-corrected chi connectivity index (χ1v) is 10.7. The van der Waals surface area contributed by atoms with Crippen LogP contribution in [-0.2, 0) is 6.54 Å². The van der Waals surface area contributed by atoms with E-state index in [9.17, 15) is 0 Å². The number of rotatable bonds is 6. The summed E-state index contributed by atoms with van der Waals surface area (Å²) in [5, 5.41) is 8.03. The molecule has 1 fully saturated rings. The van der Waals surface area contributed by atoms with Crippen LogP contribution in [0.5, 0.6) is 0 Å². The fourth-order valence-electron chi connectivity index (χ4n) is 3.58. The number of nitrogens with one attached hydrogen (secondary N) is 2. The summed E-state index contributed by atoms with van der Waals surface area (Å²) in [4.78, 5) is 13.4. The van der Waals surface area contributed by atoms with Crippen LogP contribution in [0.1, 0.15) is 37.7 Å². The van der Waals surface area contributed by atoms with Gasteiger partial charge in [0.2, 0.25) is 5.95 Å². The summed E-state index contributed by atoms with van der Waals surface area (Å²) < 4.78 is 0. The van der Waals surface area contributed by atoms with Gasteiger partial charge in [0.15, 0.2) is 0 Å². The summed E-state index contributed by atoms with van der Waals surface area (Å²) in [6.07, 6.45) is 9.56. The average Bonchev–Trinajstić information content (AvgIpc) is 2.75. The van der Waals surface area contributed by atoms with E-state index in [1.165, 1.54) is 19.3 Å². The molecule has 7 heteroatoms. The fourth-order valence-corrected chi connectivity index (χ4v) is 4.00. The lowest BCUT2D eigenvalue weighted by Crippen LogP contribution is -2.23. The van der Waals surface area contributed by atoms with Crippen LogP contribution in [0.3, 0.4) is 0 Å². The van der Waals surface area contributed by atoms with E-state index in [0.29, 0.717) is 29.3 Å². The smallest absolute Gasteiger partial charge is 0.223 e. The van der Waals surface area contributed by atoms with Crippen LogP contribution in [0.15, 0.2) is 48.8 Å². The van der Waals surface area contributed by atoms with Gasteiger partial charge in [-0.25, -0.2) is 15.0 Å². The monoisotopic (exact) mass is 427 g/mol. The Morgan fingerprint density at radius 2 is 1.86 bits per heavy atom. The molecule has 0 saturated heterocycles. The van der Waals surface area contributed by atoms with Gasteiger partial charge in [0, 0.05) is 29.4 Å². The van der Waals surface area contributed by atoms with Crippen molar-refractivity contribution in [3.63, 3.8) is 0 Å². The Morgan fingerprint density at radius 3 is 2.69 bits per heavy atom. The van der Waals surface area contributed by atoms with Crippen LogP contribution in [0, 0.1) is 0 Å². The van der Waals surface area contributed by atoms with Crippen molar-refractivity contribution in [2.75, 3.05) is 10.6 Å². The van der Waals surface area contributed by atoms with Crippen LogP contribution >= 0.6 is 23.2 Å². The maximum Gasteiger partial charge on any atom is 0.223 e. The molecular formula is C22H23Cl2N5. The third-order valence-electron chi connectivity index (χ3n) is 5.08. The van der Waals surface area contributed by atoms with Crippen molar-refractivity contribution in [2.24, 2.45) is 0 Å². The minimum absolute atomic E-state index is 0.435. The number of hydrogen-bond acceptors (Lipinski definition) is 5. The SMILES string of the molecule is Clc1cccc(CNc2cc(-c3nc(NC4CCCCC4)ncc3Cl)ccn2)c1. The molecule has 0 amide bonds. The molecule has 2 N–H and O–H groups in total. The highest BCUT2D eigenvalue weighted by molar-refractivity contribution is 6.33.